The Hall–Kier alpha value is -4.38. The van der Waals surface area contributed by atoms with Crippen LogP contribution in [0.2, 0.25) is 0 Å². The van der Waals surface area contributed by atoms with Gasteiger partial charge in [0.1, 0.15) is 35.6 Å². The average molecular weight is 810 g/mol. The van der Waals surface area contributed by atoms with Gasteiger partial charge in [0.15, 0.2) is 11.7 Å². The smallest absolute Gasteiger partial charge is 0.408 e. The first-order valence-electron chi connectivity index (χ1n) is 19.5. The molecule has 316 valence electrons. The van der Waals surface area contributed by atoms with Gasteiger partial charge in [-0.05, 0) is 56.5 Å². The van der Waals surface area contributed by atoms with Gasteiger partial charge < -0.3 is 54.5 Å². The highest BCUT2D eigenvalue weighted by molar-refractivity contribution is 5.89. The fourth-order valence-electron chi connectivity index (χ4n) is 9.78. The second-order valence-electron chi connectivity index (χ2n) is 17.8. The summed E-state index contributed by atoms with van der Waals surface area (Å²) in [5.41, 5.74) is -7.58. The van der Waals surface area contributed by atoms with E-state index in [0.717, 1.165) is 0 Å². The van der Waals surface area contributed by atoms with Gasteiger partial charge >= 0.3 is 24.0 Å². The number of fused-ring (bicyclic) bond motifs is 5. The Morgan fingerprint density at radius 2 is 1.53 bits per heavy atom. The first-order valence-corrected chi connectivity index (χ1v) is 19.5. The zero-order valence-electron chi connectivity index (χ0n) is 34.0. The summed E-state index contributed by atoms with van der Waals surface area (Å²) in [6, 6.07) is 14.8. The molecule has 2 aromatic carbocycles. The number of nitrogens with one attached hydrogen (secondary N) is 1. The van der Waals surface area contributed by atoms with E-state index in [1.807, 2.05) is 0 Å². The zero-order valence-corrected chi connectivity index (χ0v) is 34.0. The van der Waals surface area contributed by atoms with E-state index in [1.54, 1.807) is 90.1 Å². The molecule has 3 aliphatic carbocycles. The van der Waals surface area contributed by atoms with Crippen molar-refractivity contribution in [2.24, 2.45) is 16.7 Å². The molecule has 6 N–H and O–H groups in total. The van der Waals surface area contributed by atoms with Gasteiger partial charge in [0.05, 0.1) is 36.3 Å². The van der Waals surface area contributed by atoms with Crippen molar-refractivity contribution >= 4 is 24.0 Å². The van der Waals surface area contributed by atoms with Crippen LogP contribution < -0.4 is 5.32 Å². The van der Waals surface area contributed by atoms with E-state index in [4.69, 9.17) is 23.7 Å². The van der Waals surface area contributed by atoms with E-state index in [1.165, 1.54) is 26.0 Å². The summed E-state index contributed by atoms with van der Waals surface area (Å²) in [6.45, 7) is 12.1. The molecule has 2 bridgehead atoms. The van der Waals surface area contributed by atoms with Gasteiger partial charge in [-0.1, -0.05) is 69.3 Å². The van der Waals surface area contributed by atoms with Crippen molar-refractivity contribution < 1.29 is 68.4 Å². The summed E-state index contributed by atoms with van der Waals surface area (Å²) >= 11 is 0. The third kappa shape index (κ3) is 7.19. The van der Waals surface area contributed by atoms with E-state index >= 15 is 0 Å². The number of ether oxygens (including phenoxy) is 5. The van der Waals surface area contributed by atoms with Gasteiger partial charge in [-0.3, -0.25) is 4.79 Å². The van der Waals surface area contributed by atoms with Crippen molar-refractivity contribution in [3.8, 4) is 0 Å². The van der Waals surface area contributed by atoms with Crippen LogP contribution in [0.5, 0.6) is 0 Å². The lowest BCUT2D eigenvalue weighted by atomic mass is 9.44. The summed E-state index contributed by atoms with van der Waals surface area (Å²) in [5.74, 6) is -4.27. The second-order valence-corrected chi connectivity index (χ2v) is 17.8. The third-order valence-corrected chi connectivity index (χ3v) is 12.8. The van der Waals surface area contributed by atoms with Gasteiger partial charge in [-0.15, -0.1) is 0 Å². The number of aliphatic hydroxyl groups is 5. The number of amides is 1. The predicted octanol–water partition coefficient (Wildman–Crippen LogP) is 3.05. The molecule has 2 saturated carbocycles. The Labute approximate surface area is 337 Å². The minimum absolute atomic E-state index is 0.0358. The monoisotopic (exact) mass is 809 g/mol. The highest BCUT2D eigenvalue weighted by atomic mass is 16.6. The lowest BCUT2D eigenvalue weighted by Gasteiger charge is -2.69. The zero-order chi connectivity index (χ0) is 42.7. The number of esters is 3. The topological polar surface area (TPSA) is 228 Å². The number of hydrogen-bond donors (Lipinski definition) is 6. The van der Waals surface area contributed by atoms with Crippen LogP contribution in [0.25, 0.3) is 0 Å². The van der Waals surface area contributed by atoms with E-state index in [2.05, 4.69) is 5.32 Å². The molecule has 15 nitrogen and oxygen atoms in total. The highest BCUT2D eigenvalue weighted by Gasteiger charge is 2.77. The van der Waals surface area contributed by atoms with Crippen LogP contribution in [0.3, 0.4) is 0 Å². The summed E-state index contributed by atoms with van der Waals surface area (Å²) in [5, 5.41) is 64.1. The molecule has 1 aliphatic heterocycles. The van der Waals surface area contributed by atoms with Gasteiger partial charge in [0.2, 0.25) is 0 Å². The molecule has 4 aliphatic rings. The Morgan fingerprint density at radius 3 is 2.09 bits per heavy atom. The normalized spacial score (nSPS) is 34.9. The van der Waals surface area contributed by atoms with Gasteiger partial charge in [-0.2, -0.15) is 0 Å². The maximum absolute atomic E-state index is 14.1. The van der Waals surface area contributed by atoms with Crippen LogP contribution in [0, 0.1) is 16.7 Å². The molecule has 3 fully saturated rings. The molecule has 0 unspecified atom stereocenters. The molecular formula is C43H55NO14. The van der Waals surface area contributed by atoms with E-state index in [0.29, 0.717) is 5.56 Å². The van der Waals surface area contributed by atoms with E-state index < -0.39 is 113 Å². The van der Waals surface area contributed by atoms with E-state index in [-0.39, 0.29) is 29.7 Å². The van der Waals surface area contributed by atoms with Crippen LogP contribution in [-0.2, 0) is 33.3 Å². The summed E-state index contributed by atoms with van der Waals surface area (Å²) in [6.07, 6.45) is -12.8. The quantitative estimate of drug-likeness (QED) is 0.128. The molecule has 6 rings (SSSR count). The first-order chi connectivity index (χ1) is 27.0. The van der Waals surface area contributed by atoms with Gasteiger partial charge in [0.25, 0.3) is 0 Å². The van der Waals surface area contributed by atoms with Crippen LogP contribution in [0.15, 0.2) is 71.8 Å². The highest BCUT2D eigenvalue weighted by Crippen LogP contribution is 2.65. The predicted molar refractivity (Wildman–Crippen MR) is 205 cm³/mol. The number of benzene rings is 2. The Balaban J connectivity index is 1.48. The van der Waals surface area contributed by atoms with Gasteiger partial charge in [0, 0.05) is 30.6 Å². The van der Waals surface area contributed by atoms with Crippen molar-refractivity contribution in [2.45, 2.75) is 134 Å². The van der Waals surface area contributed by atoms with Crippen molar-refractivity contribution in [2.75, 3.05) is 6.61 Å². The average Bonchev–Trinajstić information content (AvgIpc) is 3.14. The molecule has 0 radical (unpaired) electrons. The van der Waals surface area contributed by atoms with Crippen LogP contribution in [0.1, 0.15) is 90.2 Å². The van der Waals surface area contributed by atoms with Crippen molar-refractivity contribution in [3.05, 3.63) is 82.9 Å². The summed E-state index contributed by atoms with van der Waals surface area (Å²) < 4.78 is 29.7. The standard InChI is InChI=1S/C43H55NO14/c1-22-26(55-37(51)32(48)30(24-15-11-9-12-16-24)44-38(52)58-39(3,4)5)20-43(53)35(56-36(50)25-17-13-10-14-18-25)33-41(8,34(49)31(47)29(22)40(43,6)7)27(46)19-28-42(33,21-54-28)57-23(2)45/h9-18,26-28,30-35,46-49,53H,19-21H2,1-8H3,(H,44,52)/t26-,27+,28+,30-,31+,32+,33-,34-,35-,41+,42-,43+/m0/s1. The molecule has 12 atom stereocenters. The molecule has 1 heterocycles. The molecule has 58 heavy (non-hydrogen) atoms. The molecule has 0 aromatic heterocycles. The molecule has 2 aromatic rings. The fourth-order valence-corrected chi connectivity index (χ4v) is 9.78. The maximum atomic E-state index is 14.1. The molecule has 15 heteroatoms. The summed E-state index contributed by atoms with van der Waals surface area (Å²) in [4.78, 5) is 54.0. The van der Waals surface area contributed by atoms with Gasteiger partial charge in [-0.25, -0.2) is 14.4 Å². The van der Waals surface area contributed by atoms with Crippen molar-refractivity contribution in [1.29, 1.82) is 0 Å². The minimum atomic E-state index is -2.31. The number of aliphatic hydroxyl groups excluding tert-OH is 4. The van der Waals surface area contributed by atoms with Crippen molar-refractivity contribution in [1.82, 2.24) is 5.32 Å². The van der Waals surface area contributed by atoms with Crippen LogP contribution in [-0.4, -0.2) is 116 Å². The second kappa shape index (κ2) is 15.3. The lowest BCUT2D eigenvalue weighted by molar-refractivity contribution is -0.365. The fraction of sp³-hybridized carbons (Fsp3) is 0.581. The van der Waals surface area contributed by atoms with Crippen LogP contribution in [0.4, 0.5) is 4.79 Å². The maximum Gasteiger partial charge on any atom is 0.408 e. The largest absolute Gasteiger partial charge is 0.456 e. The lowest BCUT2D eigenvalue weighted by Crippen LogP contribution is -2.82. The number of hydrogen-bond acceptors (Lipinski definition) is 14. The number of carbonyl (C=O) groups excluding carboxylic acids is 4. The molecular weight excluding hydrogens is 754 g/mol. The minimum Gasteiger partial charge on any atom is -0.456 e. The first kappa shape index (κ1) is 43.2. The molecule has 1 saturated heterocycles. The van der Waals surface area contributed by atoms with E-state index in [9.17, 15) is 44.7 Å². The van der Waals surface area contributed by atoms with Crippen molar-refractivity contribution in [3.63, 3.8) is 0 Å². The molecule has 0 spiro atoms. The number of carbonyl (C=O) groups is 4. The Bertz CT molecular complexity index is 1930. The Morgan fingerprint density at radius 1 is 0.931 bits per heavy atom. The number of rotatable bonds is 8. The molecule has 1 amide bonds. The number of alkyl carbamates (subject to hydrolysis) is 1. The SMILES string of the molecule is CC(=O)O[C@@]12CO[C@@H]1C[C@@H](O)[C@]1(C)[C@@H]2[C@H](OC(=O)c2ccccc2)[C@]2(O)C[C@H](OC(=O)[C@H](O)[C@@H](NC(=O)OC(C)(C)C)c3ccccc3)C(C)=C([C@@H](O)[C@@H]1O)C2(C)C. The third-order valence-electron chi connectivity index (χ3n) is 12.8. The summed E-state index contributed by atoms with van der Waals surface area (Å²) in [7, 11) is 0. The van der Waals surface area contributed by atoms with Crippen LogP contribution >= 0.6 is 0 Å². The Kier molecular flexibility index (Phi) is 11.4.